The standard InChI is InChI=1S/C25H23Cl2NO6/c1-31-20-10-13(7-9-18(20)33-12-14-6-8-15(26)11-16(14)27)21-22-17(29)4-3-5-19(22)34-24(28)23(21)25(30)32-2/h6-11,21H,3-5,12,28H2,1-2H3/t21-/m0/s1. The summed E-state index contributed by atoms with van der Waals surface area (Å²) in [6.45, 7) is 0.191. The van der Waals surface area contributed by atoms with Gasteiger partial charge in [0.25, 0.3) is 0 Å². The van der Waals surface area contributed by atoms with E-state index in [9.17, 15) is 9.59 Å². The molecule has 1 heterocycles. The van der Waals surface area contributed by atoms with Crippen LogP contribution >= 0.6 is 23.2 Å². The number of nitrogens with two attached hydrogens (primary N) is 1. The molecule has 2 aromatic carbocycles. The maximum Gasteiger partial charge on any atom is 0.340 e. The Morgan fingerprint density at radius 3 is 2.62 bits per heavy atom. The molecule has 0 spiro atoms. The Morgan fingerprint density at radius 1 is 1.12 bits per heavy atom. The van der Waals surface area contributed by atoms with Crippen LogP contribution in [0.25, 0.3) is 0 Å². The van der Waals surface area contributed by atoms with Gasteiger partial charge in [-0.05, 0) is 36.2 Å². The molecule has 0 radical (unpaired) electrons. The number of carbonyl (C=O) groups is 2. The van der Waals surface area contributed by atoms with Crippen molar-refractivity contribution in [1.82, 2.24) is 0 Å². The van der Waals surface area contributed by atoms with E-state index in [0.717, 1.165) is 5.56 Å². The minimum atomic E-state index is -0.738. The van der Waals surface area contributed by atoms with Gasteiger partial charge in [-0.1, -0.05) is 35.3 Å². The van der Waals surface area contributed by atoms with E-state index < -0.39 is 11.9 Å². The first-order chi connectivity index (χ1) is 16.3. The first-order valence-electron chi connectivity index (χ1n) is 10.6. The molecule has 1 aliphatic heterocycles. The molecule has 2 N–H and O–H groups in total. The van der Waals surface area contributed by atoms with Crippen LogP contribution < -0.4 is 15.2 Å². The lowest BCUT2D eigenvalue weighted by molar-refractivity contribution is -0.136. The first kappa shape index (κ1) is 24.0. The predicted octanol–water partition coefficient (Wildman–Crippen LogP) is 5.05. The largest absolute Gasteiger partial charge is 0.493 e. The van der Waals surface area contributed by atoms with Crippen molar-refractivity contribution < 1.29 is 28.5 Å². The number of carbonyl (C=O) groups excluding carboxylic acids is 2. The number of halogens is 2. The van der Waals surface area contributed by atoms with E-state index >= 15 is 0 Å². The fraction of sp³-hybridized carbons (Fsp3) is 0.280. The van der Waals surface area contributed by atoms with E-state index in [-0.39, 0.29) is 23.8 Å². The molecule has 9 heteroatoms. The Balaban J connectivity index is 1.71. The Labute approximate surface area is 207 Å². The summed E-state index contributed by atoms with van der Waals surface area (Å²) in [7, 11) is 2.76. The van der Waals surface area contributed by atoms with Crippen molar-refractivity contribution in [1.29, 1.82) is 0 Å². The van der Waals surface area contributed by atoms with Crippen LogP contribution in [-0.4, -0.2) is 26.0 Å². The molecule has 4 rings (SSSR count). The summed E-state index contributed by atoms with van der Waals surface area (Å²) in [4.78, 5) is 25.5. The molecule has 1 atom stereocenters. The molecule has 0 fully saturated rings. The molecule has 0 saturated carbocycles. The van der Waals surface area contributed by atoms with Crippen molar-refractivity contribution in [3.8, 4) is 11.5 Å². The van der Waals surface area contributed by atoms with Gasteiger partial charge in [-0.3, -0.25) is 4.79 Å². The van der Waals surface area contributed by atoms with Crippen molar-refractivity contribution in [3.63, 3.8) is 0 Å². The van der Waals surface area contributed by atoms with Crippen LogP contribution in [0.2, 0.25) is 10.0 Å². The normalized spacial score (nSPS) is 17.8. The van der Waals surface area contributed by atoms with Gasteiger partial charge in [0.2, 0.25) is 5.88 Å². The Morgan fingerprint density at radius 2 is 1.91 bits per heavy atom. The second-order valence-electron chi connectivity index (χ2n) is 7.85. The molecule has 2 aromatic rings. The summed E-state index contributed by atoms with van der Waals surface area (Å²) in [5.74, 6) is -0.184. The van der Waals surface area contributed by atoms with Crippen molar-refractivity contribution in [2.24, 2.45) is 5.73 Å². The zero-order chi connectivity index (χ0) is 24.4. The highest BCUT2D eigenvalue weighted by molar-refractivity contribution is 6.35. The van der Waals surface area contributed by atoms with Crippen LogP contribution in [0, 0.1) is 0 Å². The third kappa shape index (κ3) is 4.58. The summed E-state index contributed by atoms with van der Waals surface area (Å²) in [5, 5.41) is 1.02. The molecule has 0 saturated heterocycles. The number of hydrogen-bond acceptors (Lipinski definition) is 7. The van der Waals surface area contributed by atoms with Gasteiger partial charge >= 0.3 is 5.97 Å². The lowest BCUT2D eigenvalue weighted by atomic mass is 9.77. The van der Waals surface area contributed by atoms with E-state index in [1.54, 1.807) is 36.4 Å². The van der Waals surface area contributed by atoms with Crippen LogP contribution in [0.4, 0.5) is 0 Å². The van der Waals surface area contributed by atoms with Gasteiger partial charge in [-0.25, -0.2) is 4.79 Å². The van der Waals surface area contributed by atoms with E-state index in [0.29, 0.717) is 57.7 Å². The van der Waals surface area contributed by atoms with E-state index in [4.69, 9.17) is 47.9 Å². The molecular weight excluding hydrogens is 481 g/mol. The van der Waals surface area contributed by atoms with Crippen LogP contribution in [-0.2, 0) is 25.7 Å². The lowest BCUT2D eigenvalue weighted by Crippen LogP contribution is -2.31. The van der Waals surface area contributed by atoms with Crippen molar-refractivity contribution in [2.45, 2.75) is 31.8 Å². The Hall–Kier alpha value is -3.16. The van der Waals surface area contributed by atoms with Crippen LogP contribution in [0.15, 0.2) is 59.2 Å². The van der Waals surface area contributed by atoms with Gasteiger partial charge in [0, 0.05) is 34.0 Å². The zero-order valence-electron chi connectivity index (χ0n) is 18.7. The quantitative estimate of drug-likeness (QED) is 0.551. The highest BCUT2D eigenvalue weighted by Gasteiger charge is 2.41. The van der Waals surface area contributed by atoms with Gasteiger partial charge in [0.1, 0.15) is 17.9 Å². The molecular formula is C25H23Cl2NO6. The van der Waals surface area contributed by atoms with Crippen LogP contribution in [0.5, 0.6) is 11.5 Å². The summed E-state index contributed by atoms with van der Waals surface area (Å²) in [5.41, 5.74) is 8.00. The lowest BCUT2D eigenvalue weighted by Gasteiger charge is -2.32. The molecule has 0 bridgehead atoms. The average Bonchev–Trinajstić information content (AvgIpc) is 2.82. The van der Waals surface area contributed by atoms with Gasteiger partial charge < -0.3 is 24.7 Å². The van der Waals surface area contributed by atoms with E-state index in [1.165, 1.54) is 14.2 Å². The second kappa shape index (κ2) is 9.99. The molecule has 0 aromatic heterocycles. The fourth-order valence-electron chi connectivity index (χ4n) is 4.18. The summed E-state index contributed by atoms with van der Waals surface area (Å²) in [6, 6.07) is 10.4. The Bertz CT molecular complexity index is 1220. The predicted molar refractivity (Wildman–Crippen MR) is 127 cm³/mol. The van der Waals surface area contributed by atoms with Gasteiger partial charge in [-0.15, -0.1) is 0 Å². The fourth-order valence-corrected chi connectivity index (χ4v) is 4.64. The smallest absolute Gasteiger partial charge is 0.340 e. The van der Waals surface area contributed by atoms with Crippen molar-refractivity contribution >= 4 is 35.0 Å². The minimum absolute atomic E-state index is 0.0676. The number of esters is 1. The second-order valence-corrected chi connectivity index (χ2v) is 8.70. The molecule has 178 valence electrons. The molecule has 1 aliphatic carbocycles. The van der Waals surface area contributed by atoms with Crippen LogP contribution in [0.1, 0.15) is 36.3 Å². The molecule has 7 nitrogen and oxygen atoms in total. The molecule has 34 heavy (non-hydrogen) atoms. The number of benzene rings is 2. The number of Topliss-reactive ketones (excluding diaryl/α,β-unsaturated/α-hetero) is 1. The SMILES string of the molecule is COC(=O)C1=C(N)OC2=C(C(=O)CCC2)[C@@H]1c1ccc(OCc2ccc(Cl)cc2Cl)c(OC)c1. The summed E-state index contributed by atoms with van der Waals surface area (Å²) >= 11 is 12.2. The topological polar surface area (TPSA) is 97.1 Å². The molecule has 0 amide bonds. The van der Waals surface area contributed by atoms with Crippen molar-refractivity contribution in [3.05, 3.63) is 80.4 Å². The maximum absolute atomic E-state index is 12.9. The number of allylic oxidation sites excluding steroid dienone is 2. The monoisotopic (exact) mass is 503 g/mol. The average molecular weight is 504 g/mol. The maximum atomic E-state index is 12.9. The van der Waals surface area contributed by atoms with Gasteiger partial charge in [0.05, 0.1) is 20.1 Å². The number of rotatable bonds is 6. The zero-order valence-corrected chi connectivity index (χ0v) is 20.2. The van der Waals surface area contributed by atoms with Crippen molar-refractivity contribution in [2.75, 3.05) is 14.2 Å². The highest BCUT2D eigenvalue weighted by atomic mass is 35.5. The molecule has 2 aliphatic rings. The summed E-state index contributed by atoms with van der Waals surface area (Å²) < 4.78 is 22.1. The number of ether oxygens (including phenoxy) is 4. The number of ketones is 1. The summed E-state index contributed by atoms with van der Waals surface area (Å²) in [6.07, 6.45) is 1.59. The highest BCUT2D eigenvalue weighted by Crippen LogP contribution is 2.45. The number of methoxy groups -OCH3 is 2. The third-order valence-corrected chi connectivity index (χ3v) is 6.40. The first-order valence-corrected chi connectivity index (χ1v) is 11.4. The minimum Gasteiger partial charge on any atom is -0.493 e. The van der Waals surface area contributed by atoms with Gasteiger partial charge in [0.15, 0.2) is 17.3 Å². The molecule has 0 unspecified atom stereocenters. The number of hydrogen-bond donors (Lipinski definition) is 1. The van der Waals surface area contributed by atoms with Gasteiger partial charge in [-0.2, -0.15) is 0 Å². The van der Waals surface area contributed by atoms with E-state index in [2.05, 4.69) is 0 Å². The Kier molecular flexibility index (Phi) is 7.05. The van der Waals surface area contributed by atoms with E-state index in [1.807, 2.05) is 0 Å². The van der Waals surface area contributed by atoms with Crippen LogP contribution in [0.3, 0.4) is 0 Å². The third-order valence-electron chi connectivity index (χ3n) is 5.81.